The van der Waals surface area contributed by atoms with Gasteiger partial charge in [0, 0.05) is 26.2 Å². The molecule has 0 saturated carbocycles. The summed E-state index contributed by atoms with van der Waals surface area (Å²) in [7, 11) is 0. The van der Waals surface area contributed by atoms with Gasteiger partial charge < -0.3 is 15.2 Å². The van der Waals surface area contributed by atoms with Gasteiger partial charge >= 0.3 is 0 Å². The number of aliphatic hydroxyl groups is 1. The maximum absolute atomic E-state index is 11.2. The second-order valence-corrected chi connectivity index (χ2v) is 3.45. The summed E-state index contributed by atoms with van der Waals surface area (Å²) in [5, 5.41) is 11.4. The fourth-order valence-electron chi connectivity index (χ4n) is 0.852. The molecule has 4 nitrogen and oxygen atoms in total. The highest BCUT2D eigenvalue weighted by atomic mass is 16.5. The number of carbonyl (C=O) groups is 1. The molecule has 0 aromatic carbocycles. The lowest BCUT2D eigenvalue weighted by Gasteiger charge is -2.09. The largest absolute Gasteiger partial charge is 0.396 e. The van der Waals surface area contributed by atoms with Crippen molar-refractivity contribution in [1.82, 2.24) is 5.32 Å². The Morgan fingerprint density at radius 3 is 2.79 bits per heavy atom. The molecule has 1 amide bonds. The molecule has 0 aliphatic carbocycles. The van der Waals surface area contributed by atoms with Gasteiger partial charge in [0.05, 0.1) is 6.61 Å². The van der Waals surface area contributed by atoms with Crippen molar-refractivity contribution in [3.63, 3.8) is 0 Å². The van der Waals surface area contributed by atoms with Gasteiger partial charge in [-0.25, -0.2) is 0 Å². The van der Waals surface area contributed by atoms with Crippen LogP contribution in [0.2, 0.25) is 0 Å². The standard InChI is InChI=1S/C10H21NO3/c1-3-5-14-6-4-10(13)11-7-9(2)8-12/h9,12H,3-8H2,1-2H3,(H,11,13). The summed E-state index contributed by atoms with van der Waals surface area (Å²) in [6, 6.07) is 0. The molecule has 84 valence electrons. The first-order valence-corrected chi connectivity index (χ1v) is 5.16. The first-order chi connectivity index (χ1) is 6.70. The third-order valence-corrected chi connectivity index (χ3v) is 1.78. The van der Waals surface area contributed by atoms with Crippen molar-refractivity contribution in [1.29, 1.82) is 0 Å². The zero-order valence-electron chi connectivity index (χ0n) is 9.08. The number of nitrogens with one attached hydrogen (secondary N) is 1. The Kier molecular flexibility index (Phi) is 8.57. The smallest absolute Gasteiger partial charge is 0.222 e. The van der Waals surface area contributed by atoms with E-state index in [9.17, 15) is 4.79 Å². The third kappa shape index (κ3) is 8.01. The minimum Gasteiger partial charge on any atom is -0.396 e. The molecule has 0 radical (unpaired) electrons. The van der Waals surface area contributed by atoms with Gasteiger partial charge in [-0.05, 0) is 12.3 Å². The Labute approximate surface area is 85.6 Å². The summed E-state index contributed by atoms with van der Waals surface area (Å²) in [5.41, 5.74) is 0. The van der Waals surface area contributed by atoms with E-state index in [1.807, 2.05) is 13.8 Å². The fraction of sp³-hybridized carbons (Fsp3) is 0.900. The fourth-order valence-corrected chi connectivity index (χ4v) is 0.852. The third-order valence-electron chi connectivity index (χ3n) is 1.78. The van der Waals surface area contributed by atoms with E-state index in [1.54, 1.807) is 0 Å². The minimum atomic E-state index is -0.0126. The highest BCUT2D eigenvalue weighted by molar-refractivity contribution is 5.75. The van der Waals surface area contributed by atoms with Crippen molar-refractivity contribution in [3.8, 4) is 0 Å². The number of carbonyl (C=O) groups excluding carboxylic acids is 1. The van der Waals surface area contributed by atoms with Crippen molar-refractivity contribution in [3.05, 3.63) is 0 Å². The molecule has 0 aliphatic heterocycles. The quantitative estimate of drug-likeness (QED) is 0.566. The molecule has 14 heavy (non-hydrogen) atoms. The topological polar surface area (TPSA) is 58.6 Å². The summed E-state index contributed by atoms with van der Waals surface area (Å²) in [6.07, 6.45) is 1.38. The molecule has 0 rings (SSSR count). The zero-order valence-corrected chi connectivity index (χ0v) is 9.08. The van der Waals surface area contributed by atoms with E-state index in [0.29, 0.717) is 26.2 Å². The maximum Gasteiger partial charge on any atom is 0.222 e. The Morgan fingerprint density at radius 1 is 1.50 bits per heavy atom. The van der Waals surface area contributed by atoms with Crippen LogP contribution < -0.4 is 5.32 Å². The van der Waals surface area contributed by atoms with E-state index < -0.39 is 0 Å². The lowest BCUT2D eigenvalue weighted by Crippen LogP contribution is -2.30. The zero-order chi connectivity index (χ0) is 10.8. The van der Waals surface area contributed by atoms with E-state index in [0.717, 1.165) is 6.42 Å². The molecule has 0 aromatic heterocycles. The average molecular weight is 203 g/mol. The lowest BCUT2D eigenvalue weighted by molar-refractivity contribution is -0.122. The van der Waals surface area contributed by atoms with E-state index in [4.69, 9.17) is 9.84 Å². The average Bonchev–Trinajstić information content (AvgIpc) is 2.21. The highest BCUT2D eigenvalue weighted by Crippen LogP contribution is 1.90. The molecule has 0 saturated heterocycles. The Morgan fingerprint density at radius 2 is 2.21 bits per heavy atom. The van der Waals surface area contributed by atoms with Crippen molar-refractivity contribution in [2.75, 3.05) is 26.4 Å². The number of ether oxygens (including phenoxy) is 1. The van der Waals surface area contributed by atoms with E-state index in [-0.39, 0.29) is 18.4 Å². The van der Waals surface area contributed by atoms with Gasteiger partial charge in [0.25, 0.3) is 0 Å². The van der Waals surface area contributed by atoms with Gasteiger partial charge in [-0.2, -0.15) is 0 Å². The van der Waals surface area contributed by atoms with Crippen LogP contribution in [0.5, 0.6) is 0 Å². The minimum absolute atomic E-state index is 0.0126. The molecule has 0 aliphatic rings. The molecule has 0 spiro atoms. The molecule has 2 N–H and O–H groups in total. The summed E-state index contributed by atoms with van der Waals surface area (Å²) in [4.78, 5) is 11.2. The number of aliphatic hydroxyl groups excluding tert-OH is 1. The second kappa shape index (κ2) is 8.97. The molecule has 0 aromatic rings. The Bertz CT molecular complexity index is 150. The van der Waals surface area contributed by atoms with E-state index >= 15 is 0 Å². The molecular formula is C10H21NO3. The van der Waals surface area contributed by atoms with Gasteiger partial charge in [0.15, 0.2) is 0 Å². The van der Waals surface area contributed by atoms with Gasteiger partial charge in [0.2, 0.25) is 5.91 Å². The predicted octanol–water partition coefficient (Wildman–Crippen LogP) is 0.548. The number of hydrogen-bond acceptors (Lipinski definition) is 3. The summed E-state index contributed by atoms with van der Waals surface area (Å²) in [5.74, 6) is 0.108. The van der Waals surface area contributed by atoms with Crippen LogP contribution in [-0.4, -0.2) is 37.4 Å². The summed E-state index contributed by atoms with van der Waals surface area (Å²) in [6.45, 7) is 5.74. The van der Waals surface area contributed by atoms with Gasteiger partial charge in [-0.1, -0.05) is 13.8 Å². The monoisotopic (exact) mass is 203 g/mol. The van der Waals surface area contributed by atoms with E-state index in [2.05, 4.69) is 5.32 Å². The maximum atomic E-state index is 11.2. The molecule has 0 fully saturated rings. The van der Waals surface area contributed by atoms with Gasteiger partial charge in [0.1, 0.15) is 0 Å². The first-order valence-electron chi connectivity index (χ1n) is 5.16. The van der Waals surface area contributed by atoms with Crippen LogP contribution in [0.25, 0.3) is 0 Å². The molecular weight excluding hydrogens is 182 g/mol. The van der Waals surface area contributed by atoms with Crippen LogP contribution in [0.4, 0.5) is 0 Å². The van der Waals surface area contributed by atoms with Crippen molar-refractivity contribution < 1.29 is 14.6 Å². The van der Waals surface area contributed by atoms with Crippen LogP contribution in [0.15, 0.2) is 0 Å². The number of hydrogen-bond donors (Lipinski definition) is 2. The van der Waals surface area contributed by atoms with Crippen LogP contribution in [0, 0.1) is 5.92 Å². The van der Waals surface area contributed by atoms with Crippen LogP contribution >= 0.6 is 0 Å². The SMILES string of the molecule is CCCOCCC(=O)NCC(C)CO. The van der Waals surface area contributed by atoms with Crippen molar-refractivity contribution in [2.45, 2.75) is 26.7 Å². The van der Waals surface area contributed by atoms with Gasteiger partial charge in [-0.15, -0.1) is 0 Å². The molecule has 4 heteroatoms. The van der Waals surface area contributed by atoms with Crippen LogP contribution in [-0.2, 0) is 9.53 Å². The molecule has 0 heterocycles. The molecule has 0 bridgehead atoms. The van der Waals surface area contributed by atoms with Crippen molar-refractivity contribution in [2.24, 2.45) is 5.92 Å². The van der Waals surface area contributed by atoms with Gasteiger partial charge in [-0.3, -0.25) is 4.79 Å². The molecule has 1 unspecified atom stereocenters. The predicted molar refractivity (Wildman–Crippen MR) is 55.0 cm³/mol. The Hall–Kier alpha value is -0.610. The second-order valence-electron chi connectivity index (χ2n) is 3.45. The van der Waals surface area contributed by atoms with E-state index in [1.165, 1.54) is 0 Å². The summed E-state index contributed by atoms with van der Waals surface area (Å²) >= 11 is 0. The lowest BCUT2D eigenvalue weighted by atomic mass is 10.2. The highest BCUT2D eigenvalue weighted by Gasteiger charge is 2.03. The van der Waals surface area contributed by atoms with Crippen LogP contribution in [0.1, 0.15) is 26.7 Å². The van der Waals surface area contributed by atoms with Crippen LogP contribution in [0.3, 0.4) is 0 Å². The van der Waals surface area contributed by atoms with Crippen molar-refractivity contribution >= 4 is 5.91 Å². The number of amides is 1. The molecule has 1 atom stereocenters. The number of rotatable bonds is 8. The Balaban J connectivity index is 3.28. The summed E-state index contributed by atoms with van der Waals surface area (Å²) < 4.78 is 5.18. The first kappa shape index (κ1) is 13.4. The normalized spacial score (nSPS) is 12.5.